The molecule has 1 saturated heterocycles. The zero-order valence-electron chi connectivity index (χ0n) is 7.68. The SMILES string of the molecule is C[C@@H]1C[C@@H](O)O[C@H]1c1ccccc1. The van der Waals surface area contributed by atoms with Crippen LogP contribution >= 0.6 is 0 Å². The summed E-state index contributed by atoms with van der Waals surface area (Å²) in [4.78, 5) is 0. The monoisotopic (exact) mass is 178 g/mol. The van der Waals surface area contributed by atoms with E-state index in [-0.39, 0.29) is 6.10 Å². The van der Waals surface area contributed by atoms with Gasteiger partial charge in [-0.2, -0.15) is 0 Å². The maximum absolute atomic E-state index is 9.31. The molecule has 70 valence electrons. The third kappa shape index (κ3) is 1.74. The fourth-order valence-electron chi connectivity index (χ4n) is 1.85. The number of benzene rings is 1. The van der Waals surface area contributed by atoms with Crippen LogP contribution in [0.4, 0.5) is 0 Å². The molecule has 0 unspecified atom stereocenters. The van der Waals surface area contributed by atoms with Gasteiger partial charge in [-0.3, -0.25) is 0 Å². The van der Waals surface area contributed by atoms with Gasteiger partial charge >= 0.3 is 0 Å². The van der Waals surface area contributed by atoms with E-state index in [1.807, 2.05) is 30.3 Å². The molecule has 1 aromatic carbocycles. The van der Waals surface area contributed by atoms with Gasteiger partial charge in [0.15, 0.2) is 6.29 Å². The molecule has 2 nitrogen and oxygen atoms in total. The molecule has 0 aliphatic carbocycles. The van der Waals surface area contributed by atoms with E-state index in [2.05, 4.69) is 6.92 Å². The van der Waals surface area contributed by atoms with Crippen LogP contribution in [0.25, 0.3) is 0 Å². The van der Waals surface area contributed by atoms with Crippen molar-refractivity contribution in [2.75, 3.05) is 0 Å². The molecular weight excluding hydrogens is 164 g/mol. The molecular formula is C11H14O2. The van der Waals surface area contributed by atoms with Crippen LogP contribution in [0.1, 0.15) is 25.0 Å². The third-order valence-corrected chi connectivity index (χ3v) is 2.52. The lowest BCUT2D eigenvalue weighted by molar-refractivity contribution is -0.0931. The first-order valence-corrected chi connectivity index (χ1v) is 4.66. The minimum Gasteiger partial charge on any atom is -0.368 e. The maximum atomic E-state index is 9.31. The van der Waals surface area contributed by atoms with Crippen molar-refractivity contribution < 1.29 is 9.84 Å². The first kappa shape index (κ1) is 8.73. The van der Waals surface area contributed by atoms with Gasteiger partial charge in [0.05, 0.1) is 6.10 Å². The first-order valence-electron chi connectivity index (χ1n) is 4.66. The molecule has 1 fully saturated rings. The molecule has 1 aromatic rings. The minimum absolute atomic E-state index is 0.0659. The van der Waals surface area contributed by atoms with E-state index in [1.165, 1.54) is 0 Å². The second-order valence-corrected chi connectivity index (χ2v) is 3.64. The predicted molar refractivity (Wildman–Crippen MR) is 50.1 cm³/mol. The van der Waals surface area contributed by atoms with Crippen molar-refractivity contribution in [2.45, 2.75) is 25.7 Å². The Labute approximate surface area is 78.2 Å². The standard InChI is InChI=1S/C11H14O2/c1-8-7-10(12)13-11(8)9-5-3-2-4-6-9/h2-6,8,10-12H,7H2,1H3/t8-,10+,11-/m1/s1. The Kier molecular flexibility index (Phi) is 2.34. The lowest BCUT2D eigenvalue weighted by Crippen LogP contribution is -2.05. The van der Waals surface area contributed by atoms with Gasteiger partial charge in [0.25, 0.3) is 0 Å². The molecule has 0 aromatic heterocycles. The molecule has 0 radical (unpaired) electrons. The van der Waals surface area contributed by atoms with Crippen molar-refractivity contribution in [3.63, 3.8) is 0 Å². The van der Waals surface area contributed by atoms with Gasteiger partial charge in [-0.05, 0) is 11.5 Å². The highest BCUT2D eigenvalue weighted by atomic mass is 16.6. The number of ether oxygens (including phenoxy) is 1. The zero-order chi connectivity index (χ0) is 9.26. The summed E-state index contributed by atoms with van der Waals surface area (Å²) in [7, 11) is 0. The average molecular weight is 178 g/mol. The molecule has 1 aliphatic heterocycles. The van der Waals surface area contributed by atoms with Crippen LogP contribution in [-0.2, 0) is 4.74 Å². The lowest BCUT2D eigenvalue weighted by atomic mass is 9.97. The summed E-state index contributed by atoms with van der Waals surface area (Å²) in [5, 5.41) is 9.31. The van der Waals surface area contributed by atoms with Gasteiger partial charge in [0, 0.05) is 6.42 Å². The van der Waals surface area contributed by atoms with E-state index >= 15 is 0 Å². The largest absolute Gasteiger partial charge is 0.368 e. The molecule has 13 heavy (non-hydrogen) atoms. The van der Waals surface area contributed by atoms with Gasteiger partial charge in [-0.25, -0.2) is 0 Å². The zero-order valence-corrected chi connectivity index (χ0v) is 7.68. The Morgan fingerprint density at radius 2 is 2.00 bits per heavy atom. The Balaban J connectivity index is 2.18. The van der Waals surface area contributed by atoms with Crippen LogP contribution in [0.15, 0.2) is 30.3 Å². The highest BCUT2D eigenvalue weighted by Gasteiger charge is 2.31. The van der Waals surface area contributed by atoms with Gasteiger partial charge < -0.3 is 9.84 Å². The molecule has 0 amide bonds. The van der Waals surface area contributed by atoms with Crippen molar-refractivity contribution in [2.24, 2.45) is 5.92 Å². The Bertz CT molecular complexity index is 271. The topological polar surface area (TPSA) is 29.5 Å². The lowest BCUT2D eigenvalue weighted by Gasteiger charge is -2.14. The predicted octanol–water partition coefficient (Wildman–Crippen LogP) is 2.10. The molecule has 0 saturated carbocycles. The number of hydrogen-bond donors (Lipinski definition) is 1. The van der Waals surface area contributed by atoms with Gasteiger partial charge in [-0.15, -0.1) is 0 Å². The number of rotatable bonds is 1. The smallest absolute Gasteiger partial charge is 0.155 e. The number of aliphatic hydroxyl groups excluding tert-OH is 1. The summed E-state index contributed by atoms with van der Waals surface area (Å²) >= 11 is 0. The van der Waals surface area contributed by atoms with Crippen LogP contribution in [-0.4, -0.2) is 11.4 Å². The van der Waals surface area contributed by atoms with Crippen molar-refractivity contribution in [1.29, 1.82) is 0 Å². The van der Waals surface area contributed by atoms with E-state index < -0.39 is 6.29 Å². The van der Waals surface area contributed by atoms with Crippen molar-refractivity contribution in [3.8, 4) is 0 Å². The first-order chi connectivity index (χ1) is 6.27. The summed E-state index contributed by atoms with van der Waals surface area (Å²) in [6, 6.07) is 10.1. The fraction of sp³-hybridized carbons (Fsp3) is 0.455. The molecule has 1 aliphatic rings. The summed E-state index contributed by atoms with van der Waals surface area (Å²) in [6.07, 6.45) is 0.218. The number of aliphatic hydroxyl groups is 1. The third-order valence-electron chi connectivity index (χ3n) is 2.52. The number of hydrogen-bond acceptors (Lipinski definition) is 2. The molecule has 2 heteroatoms. The van der Waals surface area contributed by atoms with Gasteiger partial charge in [-0.1, -0.05) is 37.3 Å². The molecule has 2 rings (SSSR count). The molecule has 0 spiro atoms. The summed E-state index contributed by atoms with van der Waals surface area (Å²) in [5.74, 6) is 0.400. The molecule has 0 bridgehead atoms. The molecule has 3 atom stereocenters. The molecule has 1 N–H and O–H groups in total. The van der Waals surface area contributed by atoms with E-state index in [0.29, 0.717) is 5.92 Å². The van der Waals surface area contributed by atoms with Gasteiger partial charge in [0.1, 0.15) is 0 Å². The summed E-state index contributed by atoms with van der Waals surface area (Å²) in [6.45, 7) is 2.11. The Morgan fingerprint density at radius 1 is 1.31 bits per heavy atom. The summed E-state index contributed by atoms with van der Waals surface area (Å²) in [5.41, 5.74) is 1.16. The van der Waals surface area contributed by atoms with Crippen LogP contribution in [0.2, 0.25) is 0 Å². The van der Waals surface area contributed by atoms with E-state index in [4.69, 9.17) is 4.74 Å². The van der Waals surface area contributed by atoms with E-state index in [1.54, 1.807) is 0 Å². The van der Waals surface area contributed by atoms with Crippen molar-refractivity contribution in [1.82, 2.24) is 0 Å². The quantitative estimate of drug-likeness (QED) is 0.713. The van der Waals surface area contributed by atoms with Gasteiger partial charge in [0.2, 0.25) is 0 Å². The Morgan fingerprint density at radius 3 is 2.54 bits per heavy atom. The second-order valence-electron chi connectivity index (χ2n) is 3.64. The average Bonchev–Trinajstić information content (AvgIpc) is 2.47. The fourth-order valence-corrected chi connectivity index (χ4v) is 1.85. The van der Waals surface area contributed by atoms with E-state index in [0.717, 1.165) is 12.0 Å². The highest BCUT2D eigenvalue weighted by Crippen LogP contribution is 2.36. The van der Waals surface area contributed by atoms with Crippen LogP contribution in [0, 0.1) is 5.92 Å². The highest BCUT2D eigenvalue weighted by molar-refractivity contribution is 5.18. The van der Waals surface area contributed by atoms with Crippen molar-refractivity contribution in [3.05, 3.63) is 35.9 Å². The van der Waals surface area contributed by atoms with Crippen LogP contribution in [0.5, 0.6) is 0 Å². The van der Waals surface area contributed by atoms with Crippen LogP contribution < -0.4 is 0 Å². The summed E-state index contributed by atoms with van der Waals surface area (Å²) < 4.78 is 5.42. The van der Waals surface area contributed by atoms with E-state index in [9.17, 15) is 5.11 Å². The minimum atomic E-state index is -0.583. The van der Waals surface area contributed by atoms with Crippen molar-refractivity contribution >= 4 is 0 Å². The maximum Gasteiger partial charge on any atom is 0.155 e. The van der Waals surface area contributed by atoms with Crippen LogP contribution in [0.3, 0.4) is 0 Å². The normalized spacial score (nSPS) is 33.5. The Hall–Kier alpha value is -0.860. The molecule has 1 heterocycles. The second kappa shape index (κ2) is 3.48.